The number of amides is 1. The van der Waals surface area contributed by atoms with Gasteiger partial charge < -0.3 is 15.5 Å². The number of likely N-dealkylation sites (tertiary alicyclic amines) is 1. The number of anilines is 1. The van der Waals surface area contributed by atoms with Crippen LogP contribution in [-0.2, 0) is 0 Å². The Hall–Kier alpha value is -1.69. The van der Waals surface area contributed by atoms with Crippen molar-refractivity contribution in [1.82, 2.24) is 15.1 Å². The van der Waals surface area contributed by atoms with Gasteiger partial charge in [0.1, 0.15) is 0 Å². The predicted molar refractivity (Wildman–Crippen MR) is 85.8 cm³/mol. The molecule has 2 saturated heterocycles. The van der Waals surface area contributed by atoms with Gasteiger partial charge in [-0.05, 0) is 51.2 Å². The van der Waals surface area contributed by atoms with Gasteiger partial charge >= 0.3 is 0 Å². The van der Waals surface area contributed by atoms with E-state index in [2.05, 4.69) is 15.1 Å². The Kier molecular flexibility index (Phi) is 4.57. The van der Waals surface area contributed by atoms with Crippen molar-refractivity contribution in [3.8, 4) is 0 Å². The summed E-state index contributed by atoms with van der Waals surface area (Å²) in [5.74, 6) is 0.832. The molecule has 0 saturated carbocycles. The van der Waals surface area contributed by atoms with Crippen molar-refractivity contribution >= 4 is 11.7 Å². The van der Waals surface area contributed by atoms with Crippen LogP contribution in [0.25, 0.3) is 0 Å². The number of hydrogen-bond acceptors (Lipinski definition) is 5. The lowest BCUT2D eigenvalue weighted by Crippen LogP contribution is -2.51. The SMILES string of the molecule is C[C@@H](N)[C@@H]1CCCCN1C(=O)c1ccc(N2CCCC2)nn1. The molecular weight excluding hydrogens is 278 g/mol. The fourth-order valence-corrected chi connectivity index (χ4v) is 3.46. The molecule has 0 aromatic carbocycles. The van der Waals surface area contributed by atoms with Gasteiger partial charge in [-0.1, -0.05) is 0 Å². The number of nitrogens with zero attached hydrogens (tertiary/aromatic N) is 4. The van der Waals surface area contributed by atoms with E-state index in [0.717, 1.165) is 44.7 Å². The number of aromatic nitrogens is 2. The molecule has 3 heterocycles. The normalized spacial score (nSPS) is 23.6. The molecule has 3 rings (SSSR count). The second kappa shape index (κ2) is 6.60. The number of carbonyl (C=O) groups is 1. The minimum atomic E-state index is -0.0394. The van der Waals surface area contributed by atoms with Crippen molar-refractivity contribution in [2.24, 2.45) is 5.73 Å². The van der Waals surface area contributed by atoms with E-state index in [0.29, 0.717) is 5.69 Å². The zero-order valence-electron chi connectivity index (χ0n) is 13.2. The van der Waals surface area contributed by atoms with Gasteiger partial charge in [-0.2, -0.15) is 0 Å². The summed E-state index contributed by atoms with van der Waals surface area (Å²) in [6, 6.07) is 3.81. The molecule has 2 aliphatic rings. The van der Waals surface area contributed by atoms with Gasteiger partial charge in [0.05, 0.1) is 0 Å². The highest BCUT2D eigenvalue weighted by atomic mass is 16.2. The summed E-state index contributed by atoms with van der Waals surface area (Å²) >= 11 is 0. The van der Waals surface area contributed by atoms with Crippen molar-refractivity contribution in [2.45, 2.75) is 51.1 Å². The smallest absolute Gasteiger partial charge is 0.274 e. The average Bonchev–Trinajstić information content (AvgIpc) is 3.09. The molecule has 0 bridgehead atoms. The van der Waals surface area contributed by atoms with E-state index in [-0.39, 0.29) is 18.0 Å². The van der Waals surface area contributed by atoms with Crippen molar-refractivity contribution in [1.29, 1.82) is 0 Å². The number of rotatable bonds is 3. The van der Waals surface area contributed by atoms with E-state index >= 15 is 0 Å². The van der Waals surface area contributed by atoms with E-state index in [1.54, 1.807) is 6.07 Å². The fourth-order valence-electron chi connectivity index (χ4n) is 3.46. The third-order valence-electron chi connectivity index (χ3n) is 4.72. The van der Waals surface area contributed by atoms with Gasteiger partial charge in [-0.3, -0.25) is 4.79 Å². The summed E-state index contributed by atoms with van der Waals surface area (Å²) in [4.78, 5) is 16.8. The van der Waals surface area contributed by atoms with Crippen LogP contribution >= 0.6 is 0 Å². The van der Waals surface area contributed by atoms with E-state index in [4.69, 9.17) is 5.73 Å². The molecule has 6 nitrogen and oxygen atoms in total. The number of carbonyl (C=O) groups excluding carboxylic acids is 1. The summed E-state index contributed by atoms with van der Waals surface area (Å²) in [6.07, 6.45) is 5.55. The first-order valence-electron chi connectivity index (χ1n) is 8.32. The van der Waals surface area contributed by atoms with Crippen molar-refractivity contribution in [3.05, 3.63) is 17.8 Å². The van der Waals surface area contributed by atoms with Crippen molar-refractivity contribution in [2.75, 3.05) is 24.5 Å². The summed E-state index contributed by atoms with van der Waals surface area (Å²) in [7, 11) is 0. The number of hydrogen-bond donors (Lipinski definition) is 1. The van der Waals surface area contributed by atoms with Gasteiger partial charge in [0.2, 0.25) is 0 Å². The lowest BCUT2D eigenvalue weighted by molar-refractivity contribution is 0.0576. The minimum absolute atomic E-state index is 0.0129. The van der Waals surface area contributed by atoms with Gasteiger partial charge in [0.15, 0.2) is 11.5 Å². The summed E-state index contributed by atoms with van der Waals surface area (Å²) in [5, 5.41) is 8.41. The lowest BCUT2D eigenvalue weighted by atomic mass is 9.96. The van der Waals surface area contributed by atoms with Crippen LogP contribution in [-0.4, -0.2) is 52.7 Å². The Labute approximate surface area is 131 Å². The zero-order chi connectivity index (χ0) is 15.5. The van der Waals surface area contributed by atoms with Crippen LogP contribution < -0.4 is 10.6 Å². The standard InChI is InChI=1S/C16H25N5O/c1-12(17)14-6-2-3-11-21(14)16(22)13-7-8-15(19-18-13)20-9-4-5-10-20/h7-8,12,14H,2-6,9-11,17H2,1H3/t12-,14+/m1/s1. The van der Waals surface area contributed by atoms with Crippen LogP contribution in [0.2, 0.25) is 0 Å². The fraction of sp³-hybridized carbons (Fsp3) is 0.688. The van der Waals surface area contributed by atoms with Gasteiger partial charge in [0, 0.05) is 31.7 Å². The monoisotopic (exact) mass is 303 g/mol. The molecule has 2 atom stereocenters. The minimum Gasteiger partial charge on any atom is -0.355 e. The van der Waals surface area contributed by atoms with Crippen LogP contribution in [0, 0.1) is 0 Å². The van der Waals surface area contributed by atoms with E-state index in [1.807, 2.05) is 17.9 Å². The molecule has 2 N–H and O–H groups in total. The second-order valence-corrected chi connectivity index (χ2v) is 6.39. The Morgan fingerprint density at radius 3 is 2.55 bits per heavy atom. The number of piperidine rings is 1. The van der Waals surface area contributed by atoms with Crippen LogP contribution in [0.3, 0.4) is 0 Å². The Morgan fingerprint density at radius 1 is 1.18 bits per heavy atom. The van der Waals surface area contributed by atoms with E-state index in [9.17, 15) is 4.79 Å². The molecular formula is C16H25N5O. The Balaban J connectivity index is 1.73. The van der Waals surface area contributed by atoms with E-state index in [1.165, 1.54) is 12.8 Å². The lowest BCUT2D eigenvalue weighted by Gasteiger charge is -2.37. The molecule has 0 aliphatic carbocycles. The molecule has 1 aromatic heterocycles. The third-order valence-corrected chi connectivity index (χ3v) is 4.72. The molecule has 120 valence electrons. The summed E-state index contributed by atoms with van der Waals surface area (Å²) in [5.41, 5.74) is 6.47. The van der Waals surface area contributed by atoms with Crippen molar-refractivity contribution < 1.29 is 4.79 Å². The van der Waals surface area contributed by atoms with Gasteiger partial charge in [-0.25, -0.2) is 0 Å². The van der Waals surface area contributed by atoms with Crippen LogP contribution in [0.4, 0.5) is 5.82 Å². The maximum atomic E-state index is 12.7. The Bertz CT molecular complexity index is 510. The van der Waals surface area contributed by atoms with Crippen LogP contribution in [0.1, 0.15) is 49.5 Å². The first-order valence-corrected chi connectivity index (χ1v) is 8.32. The molecule has 22 heavy (non-hydrogen) atoms. The summed E-state index contributed by atoms with van der Waals surface area (Å²) < 4.78 is 0. The predicted octanol–water partition coefficient (Wildman–Crippen LogP) is 1.42. The van der Waals surface area contributed by atoms with E-state index < -0.39 is 0 Å². The first kappa shape index (κ1) is 15.2. The molecule has 0 radical (unpaired) electrons. The summed E-state index contributed by atoms with van der Waals surface area (Å²) in [6.45, 7) is 4.79. The number of nitrogens with two attached hydrogens (primary N) is 1. The highest BCUT2D eigenvalue weighted by Crippen LogP contribution is 2.22. The maximum absolute atomic E-state index is 12.7. The Morgan fingerprint density at radius 2 is 1.91 bits per heavy atom. The van der Waals surface area contributed by atoms with Gasteiger partial charge in [-0.15, -0.1) is 10.2 Å². The van der Waals surface area contributed by atoms with Crippen molar-refractivity contribution in [3.63, 3.8) is 0 Å². The average molecular weight is 303 g/mol. The third kappa shape index (κ3) is 3.06. The van der Waals surface area contributed by atoms with Crippen LogP contribution in [0.15, 0.2) is 12.1 Å². The largest absolute Gasteiger partial charge is 0.355 e. The quantitative estimate of drug-likeness (QED) is 0.914. The van der Waals surface area contributed by atoms with Crippen LogP contribution in [0.5, 0.6) is 0 Å². The molecule has 2 fully saturated rings. The molecule has 6 heteroatoms. The molecule has 0 spiro atoms. The first-order chi connectivity index (χ1) is 10.7. The maximum Gasteiger partial charge on any atom is 0.274 e. The highest BCUT2D eigenvalue weighted by Gasteiger charge is 2.30. The zero-order valence-corrected chi connectivity index (χ0v) is 13.2. The van der Waals surface area contributed by atoms with Gasteiger partial charge in [0.25, 0.3) is 5.91 Å². The molecule has 0 unspecified atom stereocenters. The topological polar surface area (TPSA) is 75.3 Å². The molecule has 1 aromatic rings. The second-order valence-electron chi connectivity index (χ2n) is 6.39. The molecule has 2 aliphatic heterocycles. The highest BCUT2D eigenvalue weighted by molar-refractivity contribution is 5.92. The molecule has 1 amide bonds.